The lowest BCUT2D eigenvalue weighted by molar-refractivity contribution is 0.181. The molecular formula is C14H24BrN3O2. The van der Waals surface area contributed by atoms with Crippen LogP contribution in [0.4, 0.5) is 5.69 Å². The third-order valence-electron chi connectivity index (χ3n) is 3.57. The van der Waals surface area contributed by atoms with E-state index < -0.39 is 0 Å². The molecule has 0 bridgehead atoms. The fraction of sp³-hybridized carbons (Fsp3) is 0.714. The summed E-state index contributed by atoms with van der Waals surface area (Å²) in [5.41, 5.74) is 0.815. The maximum Gasteiger partial charge on any atom is 0.283 e. The molecule has 20 heavy (non-hydrogen) atoms. The van der Waals surface area contributed by atoms with E-state index in [0.717, 1.165) is 12.2 Å². The fourth-order valence-electron chi connectivity index (χ4n) is 1.49. The molecule has 6 heteroatoms. The van der Waals surface area contributed by atoms with Crippen molar-refractivity contribution in [3.8, 4) is 0 Å². The summed E-state index contributed by atoms with van der Waals surface area (Å²) in [6.45, 7) is 10.5. The molecule has 0 amide bonds. The van der Waals surface area contributed by atoms with Crippen molar-refractivity contribution in [3.63, 3.8) is 0 Å². The molecule has 0 aromatic carbocycles. The van der Waals surface area contributed by atoms with Gasteiger partial charge in [-0.25, -0.2) is 4.68 Å². The highest BCUT2D eigenvalue weighted by Crippen LogP contribution is 2.26. The van der Waals surface area contributed by atoms with Gasteiger partial charge in [0.25, 0.3) is 5.56 Å². The summed E-state index contributed by atoms with van der Waals surface area (Å²) >= 11 is 3.35. The van der Waals surface area contributed by atoms with Crippen LogP contribution in [0.15, 0.2) is 15.5 Å². The molecule has 0 fully saturated rings. The Bertz CT molecular complexity index is 494. The molecule has 1 heterocycles. The van der Waals surface area contributed by atoms with E-state index in [9.17, 15) is 4.79 Å². The summed E-state index contributed by atoms with van der Waals surface area (Å²) in [4.78, 5) is 12.1. The van der Waals surface area contributed by atoms with Crippen LogP contribution in [0.3, 0.4) is 0 Å². The Balaban J connectivity index is 2.78. The minimum absolute atomic E-state index is 0.143. The van der Waals surface area contributed by atoms with Gasteiger partial charge in [0.1, 0.15) is 4.47 Å². The van der Waals surface area contributed by atoms with Crippen molar-refractivity contribution in [3.05, 3.63) is 21.0 Å². The summed E-state index contributed by atoms with van der Waals surface area (Å²) in [6.07, 6.45) is 1.68. The van der Waals surface area contributed by atoms with Gasteiger partial charge >= 0.3 is 0 Å². The predicted molar refractivity (Wildman–Crippen MR) is 85.2 cm³/mol. The van der Waals surface area contributed by atoms with E-state index in [1.54, 1.807) is 13.3 Å². The Kier molecular flexibility index (Phi) is 6.20. The third kappa shape index (κ3) is 4.59. The number of nitrogens with one attached hydrogen (secondary N) is 1. The van der Waals surface area contributed by atoms with Crippen molar-refractivity contribution in [1.29, 1.82) is 0 Å². The van der Waals surface area contributed by atoms with Gasteiger partial charge in [0.15, 0.2) is 0 Å². The van der Waals surface area contributed by atoms with Gasteiger partial charge in [0, 0.05) is 13.7 Å². The van der Waals surface area contributed by atoms with E-state index in [1.165, 1.54) is 4.68 Å². The Morgan fingerprint density at radius 2 is 2.15 bits per heavy atom. The largest absolute Gasteiger partial charge is 0.383 e. The first-order chi connectivity index (χ1) is 9.27. The second-order valence-corrected chi connectivity index (χ2v) is 6.83. The highest BCUT2D eigenvalue weighted by Gasteiger charge is 2.20. The molecule has 5 nitrogen and oxygen atoms in total. The standard InChI is InChI=1S/C14H24BrN3O2/c1-10(14(2,3)4)8-16-11-9-17-18(6-7-20-5)13(19)12(11)15/h9-10,16H,6-8H2,1-5H3. The SMILES string of the molecule is COCCn1ncc(NCC(C)C(C)(C)C)c(Br)c1=O. The van der Waals surface area contributed by atoms with Crippen molar-refractivity contribution in [1.82, 2.24) is 9.78 Å². The minimum atomic E-state index is -0.143. The Labute approximate surface area is 128 Å². The van der Waals surface area contributed by atoms with Crippen LogP contribution in [0.1, 0.15) is 27.7 Å². The van der Waals surface area contributed by atoms with Crippen molar-refractivity contribution >= 4 is 21.6 Å². The second kappa shape index (κ2) is 7.22. The number of rotatable bonds is 6. The molecule has 1 unspecified atom stereocenters. The number of ether oxygens (including phenoxy) is 1. The van der Waals surface area contributed by atoms with E-state index in [-0.39, 0.29) is 11.0 Å². The molecule has 1 aromatic rings. The van der Waals surface area contributed by atoms with Gasteiger partial charge in [-0.1, -0.05) is 27.7 Å². The van der Waals surface area contributed by atoms with Crippen molar-refractivity contribution in [2.75, 3.05) is 25.6 Å². The average Bonchev–Trinajstić information content (AvgIpc) is 2.38. The molecule has 0 radical (unpaired) electrons. The molecule has 0 spiro atoms. The zero-order valence-electron chi connectivity index (χ0n) is 12.9. The summed E-state index contributed by atoms with van der Waals surface area (Å²) in [6, 6.07) is 0. The minimum Gasteiger partial charge on any atom is -0.383 e. The molecule has 1 aromatic heterocycles. The van der Waals surface area contributed by atoms with Crippen molar-refractivity contribution < 1.29 is 4.74 Å². The molecule has 0 saturated heterocycles. The topological polar surface area (TPSA) is 56.1 Å². The maximum absolute atomic E-state index is 12.1. The number of anilines is 1. The van der Waals surface area contributed by atoms with Crippen molar-refractivity contribution in [2.45, 2.75) is 34.2 Å². The van der Waals surface area contributed by atoms with Crippen LogP contribution in [-0.4, -0.2) is 30.0 Å². The van der Waals surface area contributed by atoms with Gasteiger partial charge < -0.3 is 10.1 Å². The van der Waals surface area contributed by atoms with E-state index >= 15 is 0 Å². The molecular weight excluding hydrogens is 322 g/mol. The summed E-state index contributed by atoms with van der Waals surface area (Å²) in [5, 5.41) is 7.44. The van der Waals surface area contributed by atoms with Gasteiger partial charge in [-0.15, -0.1) is 0 Å². The lowest BCUT2D eigenvalue weighted by atomic mass is 9.82. The Morgan fingerprint density at radius 3 is 2.70 bits per heavy atom. The molecule has 1 atom stereocenters. The number of aromatic nitrogens is 2. The zero-order chi connectivity index (χ0) is 15.3. The summed E-state index contributed by atoms with van der Waals surface area (Å²) in [7, 11) is 1.60. The van der Waals surface area contributed by atoms with Crippen LogP contribution in [0.5, 0.6) is 0 Å². The van der Waals surface area contributed by atoms with Crippen LogP contribution >= 0.6 is 15.9 Å². The third-order valence-corrected chi connectivity index (χ3v) is 4.34. The number of methoxy groups -OCH3 is 1. The highest BCUT2D eigenvalue weighted by atomic mass is 79.9. The van der Waals surface area contributed by atoms with Gasteiger partial charge in [-0.2, -0.15) is 5.10 Å². The van der Waals surface area contributed by atoms with Crippen LogP contribution < -0.4 is 10.9 Å². The number of nitrogens with zero attached hydrogens (tertiary/aromatic N) is 2. The first-order valence-corrected chi connectivity index (χ1v) is 7.55. The van der Waals surface area contributed by atoms with Gasteiger partial charge in [0.05, 0.1) is 25.0 Å². The highest BCUT2D eigenvalue weighted by molar-refractivity contribution is 9.10. The number of halogens is 1. The molecule has 0 aliphatic carbocycles. The lowest BCUT2D eigenvalue weighted by Gasteiger charge is -2.27. The van der Waals surface area contributed by atoms with Crippen LogP contribution in [0, 0.1) is 11.3 Å². The second-order valence-electron chi connectivity index (χ2n) is 6.04. The molecule has 0 aliphatic heterocycles. The zero-order valence-corrected chi connectivity index (χ0v) is 14.5. The van der Waals surface area contributed by atoms with E-state index in [0.29, 0.717) is 23.5 Å². The molecule has 0 saturated carbocycles. The molecule has 0 aliphatic rings. The molecule has 114 valence electrons. The first kappa shape index (κ1) is 17.2. The number of hydrogen-bond acceptors (Lipinski definition) is 4. The average molecular weight is 346 g/mol. The maximum atomic E-state index is 12.1. The van der Waals surface area contributed by atoms with Crippen molar-refractivity contribution in [2.24, 2.45) is 11.3 Å². The lowest BCUT2D eigenvalue weighted by Crippen LogP contribution is -2.28. The quantitative estimate of drug-likeness (QED) is 0.861. The first-order valence-electron chi connectivity index (χ1n) is 6.75. The Morgan fingerprint density at radius 1 is 1.50 bits per heavy atom. The van der Waals surface area contributed by atoms with E-state index in [4.69, 9.17) is 4.74 Å². The van der Waals surface area contributed by atoms with Crippen LogP contribution in [-0.2, 0) is 11.3 Å². The number of hydrogen-bond donors (Lipinski definition) is 1. The summed E-state index contributed by atoms with van der Waals surface area (Å²) < 4.78 is 6.87. The predicted octanol–water partition coefficient (Wildman–Crippen LogP) is 2.75. The van der Waals surface area contributed by atoms with Crippen LogP contribution in [0.25, 0.3) is 0 Å². The molecule has 1 rings (SSSR count). The fourth-order valence-corrected chi connectivity index (χ4v) is 1.94. The van der Waals surface area contributed by atoms with Crippen LogP contribution in [0.2, 0.25) is 0 Å². The Hall–Kier alpha value is -0.880. The summed E-state index contributed by atoms with van der Waals surface area (Å²) in [5.74, 6) is 0.477. The molecule has 1 N–H and O–H groups in total. The normalized spacial score (nSPS) is 13.3. The van der Waals surface area contributed by atoms with Gasteiger partial charge in [-0.3, -0.25) is 4.79 Å². The smallest absolute Gasteiger partial charge is 0.283 e. The monoisotopic (exact) mass is 345 g/mol. The van der Waals surface area contributed by atoms with E-state index in [1.807, 2.05) is 0 Å². The van der Waals surface area contributed by atoms with E-state index in [2.05, 4.69) is 54.0 Å². The van der Waals surface area contributed by atoms with Gasteiger partial charge in [0.2, 0.25) is 0 Å². The van der Waals surface area contributed by atoms with Gasteiger partial charge in [-0.05, 0) is 27.3 Å².